The van der Waals surface area contributed by atoms with Gasteiger partial charge in [-0.25, -0.2) is 0 Å². The van der Waals surface area contributed by atoms with Crippen molar-refractivity contribution in [1.82, 2.24) is 0 Å². The largest absolute Gasteiger partial charge is 0.370 e. The molecule has 0 aromatic heterocycles. The molecule has 0 atom stereocenters. The van der Waals surface area contributed by atoms with Crippen molar-refractivity contribution in [3.05, 3.63) is 24.3 Å². The van der Waals surface area contributed by atoms with Crippen LogP contribution in [0.5, 0.6) is 0 Å². The molecule has 92 valence electrons. The number of benzene rings is 1. The summed E-state index contributed by atoms with van der Waals surface area (Å²) in [5.41, 5.74) is 0.810. The lowest BCUT2D eigenvalue weighted by Crippen LogP contribution is -2.34. The van der Waals surface area contributed by atoms with Crippen LogP contribution >= 0.6 is 11.8 Å². The second-order valence-corrected chi connectivity index (χ2v) is 4.90. The van der Waals surface area contributed by atoms with E-state index in [9.17, 15) is 13.6 Å². The van der Waals surface area contributed by atoms with E-state index >= 15 is 0 Å². The molecule has 1 aromatic rings. The van der Waals surface area contributed by atoms with Gasteiger partial charge in [0, 0.05) is 30.8 Å². The third-order valence-electron chi connectivity index (χ3n) is 2.74. The van der Waals surface area contributed by atoms with Gasteiger partial charge in [0.05, 0.1) is 5.69 Å². The molecule has 0 radical (unpaired) electrons. The van der Waals surface area contributed by atoms with Crippen LogP contribution in [0.25, 0.3) is 0 Å². The maximum Gasteiger partial charge on any atom is 0.288 e. The van der Waals surface area contributed by atoms with Crippen LogP contribution in [-0.4, -0.2) is 24.6 Å². The first kappa shape index (κ1) is 12.4. The summed E-state index contributed by atoms with van der Waals surface area (Å²) in [6, 6.07) is 7.12. The molecule has 17 heavy (non-hydrogen) atoms. The fraction of sp³-hybridized carbons (Fsp3) is 0.417. The number of alkyl halides is 2. The molecule has 1 aliphatic heterocycles. The predicted molar refractivity (Wildman–Crippen MR) is 64.8 cm³/mol. The maximum atomic E-state index is 12.4. The van der Waals surface area contributed by atoms with Gasteiger partial charge in [-0.3, -0.25) is 4.79 Å². The van der Waals surface area contributed by atoms with Gasteiger partial charge in [0.1, 0.15) is 5.78 Å². The van der Waals surface area contributed by atoms with Crippen LogP contribution in [0, 0.1) is 0 Å². The van der Waals surface area contributed by atoms with Crippen molar-refractivity contribution in [1.29, 1.82) is 0 Å². The maximum absolute atomic E-state index is 12.4. The highest BCUT2D eigenvalue weighted by Gasteiger charge is 2.19. The lowest BCUT2D eigenvalue weighted by Gasteiger charge is -2.29. The quantitative estimate of drug-likeness (QED) is 0.776. The van der Waals surface area contributed by atoms with Crippen LogP contribution in [0.15, 0.2) is 29.2 Å². The van der Waals surface area contributed by atoms with Gasteiger partial charge >= 0.3 is 0 Å². The number of hydrogen-bond acceptors (Lipinski definition) is 3. The van der Waals surface area contributed by atoms with Gasteiger partial charge in [-0.05, 0) is 12.1 Å². The Bertz CT molecular complexity index is 401. The number of para-hydroxylation sites is 1. The Morgan fingerprint density at radius 2 is 1.82 bits per heavy atom. The fourth-order valence-electron chi connectivity index (χ4n) is 1.91. The molecule has 1 saturated heterocycles. The monoisotopic (exact) mass is 257 g/mol. The molecule has 0 spiro atoms. The Morgan fingerprint density at radius 3 is 2.47 bits per heavy atom. The van der Waals surface area contributed by atoms with Crippen LogP contribution in [-0.2, 0) is 4.79 Å². The average Bonchev–Trinajstić information content (AvgIpc) is 2.30. The molecule has 0 unspecified atom stereocenters. The average molecular weight is 257 g/mol. The molecule has 1 fully saturated rings. The molecule has 0 aliphatic carbocycles. The number of nitrogens with zero attached hydrogens (tertiary/aromatic N) is 1. The molecule has 0 N–H and O–H groups in total. The van der Waals surface area contributed by atoms with Crippen molar-refractivity contribution in [3.63, 3.8) is 0 Å². The van der Waals surface area contributed by atoms with Gasteiger partial charge < -0.3 is 4.90 Å². The summed E-state index contributed by atoms with van der Waals surface area (Å²) in [5, 5.41) is 0. The second kappa shape index (κ2) is 5.49. The van der Waals surface area contributed by atoms with Crippen molar-refractivity contribution in [3.8, 4) is 0 Å². The first-order valence-corrected chi connectivity index (χ1v) is 6.35. The van der Waals surface area contributed by atoms with Crippen molar-refractivity contribution in [2.45, 2.75) is 23.5 Å². The number of thioether (sulfide) groups is 1. The summed E-state index contributed by atoms with van der Waals surface area (Å²) in [4.78, 5) is 13.7. The lowest BCUT2D eigenvalue weighted by molar-refractivity contribution is -0.119. The Labute approximate surface area is 103 Å². The normalized spacial score (nSPS) is 16.6. The van der Waals surface area contributed by atoms with E-state index in [1.807, 2.05) is 17.0 Å². The SMILES string of the molecule is O=C1CCN(c2ccccc2SC(F)F)CC1. The molecule has 5 heteroatoms. The summed E-state index contributed by atoms with van der Waals surface area (Å²) >= 11 is 0.560. The molecule has 0 amide bonds. The molecule has 0 bridgehead atoms. The molecule has 2 nitrogen and oxygen atoms in total. The van der Waals surface area contributed by atoms with Crippen LogP contribution < -0.4 is 4.90 Å². The Morgan fingerprint density at radius 1 is 1.18 bits per heavy atom. The first-order chi connectivity index (χ1) is 8.16. The molecule has 1 aliphatic rings. The van der Waals surface area contributed by atoms with E-state index in [1.165, 1.54) is 0 Å². The minimum absolute atomic E-state index is 0.250. The highest BCUT2D eigenvalue weighted by atomic mass is 32.2. The van der Waals surface area contributed by atoms with E-state index in [-0.39, 0.29) is 5.78 Å². The van der Waals surface area contributed by atoms with Crippen LogP contribution in [0.2, 0.25) is 0 Å². The summed E-state index contributed by atoms with van der Waals surface area (Å²) in [6.07, 6.45) is 1.02. The van der Waals surface area contributed by atoms with Gasteiger partial charge in [0.15, 0.2) is 0 Å². The molecule has 0 saturated carbocycles. The summed E-state index contributed by atoms with van der Waals surface area (Å²) in [5.74, 6) is -2.16. The number of rotatable bonds is 3. The van der Waals surface area contributed by atoms with Crippen molar-refractivity contribution in [2.24, 2.45) is 0 Å². The number of carbonyl (C=O) groups is 1. The first-order valence-electron chi connectivity index (χ1n) is 5.47. The number of carbonyl (C=O) groups excluding carboxylic acids is 1. The van der Waals surface area contributed by atoms with Gasteiger partial charge in [-0.1, -0.05) is 23.9 Å². The summed E-state index contributed by atoms with van der Waals surface area (Å²) in [7, 11) is 0. The smallest absolute Gasteiger partial charge is 0.288 e. The second-order valence-electron chi connectivity index (χ2n) is 3.87. The van der Waals surface area contributed by atoms with E-state index in [0.29, 0.717) is 42.6 Å². The van der Waals surface area contributed by atoms with E-state index in [4.69, 9.17) is 0 Å². The zero-order valence-electron chi connectivity index (χ0n) is 9.23. The van der Waals surface area contributed by atoms with Crippen molar-refractivity contribution in [2.75, 3.05) is 18.0 Å². The van der Waals surface area contributed by atoms with Gasteiger partial charge in [0.25, 0.3) is 5.76 Å². The van der Waals surface area contributed by atoms with Crippen LogP contribution in [0.3, 0.4) is 0 Å². The van der Waals surface area contributed by atoms with Crippen molar-refractivity contribution >= 4 is 23.2 Å². The van der Waals surface area contributed by atoms with Crippen molar-refractivity contribution < 1.29 is 13.6 Å². The lowest BCUT2D eigenvalue weighted by atomic mass is 10.1. The number of anilines is 1. The Hall–Kier alpha value is -1.10. The third kappa shape index (κ3) is 3.19. The number of piperidine rings is 1. The third-order valence-corrected chi connectivity index (χ3v) is 3.52. The van der Waals surface area contributed by atoms with E-state index in [0.717, 1.165) is 5.69 Å². The Balaban J connectivity index is 2.16. The standard InChI is InChI=1S/C12H13F2NOS/c13-12(14)17-11-4-2-1-3-10(11)15-7-5-9(16)6-8-15/h1-4,12H,5-8H2. The highest BCUT2D eigenvalue weighted by Crippen LogP contribution is 2.34. The van der Waals surface area contributed by atoms with E-state index < -0.39 is 5.76 Å². The predicted octanol–water partition coefficient (Wildman–Crippen LogP) is 3.17. The van der Waals surface area contributed by atoms with E-state index in [2.05, 4.69) is 0 Å². The van der Waals surface area contributed by atoms with Gasteiger partial charge in [0.2, 0.25) is 0 Å². The minimum Gasteiger partial charge on any atom is -0.370 e. The fourth-order valence-corrected chi connectivity index (χ4v) is 2.58. The minimum atomic E-state index is -2.41. The topological polar surface area (TPSA) is 20.3 Å². The zero-order chi connectivity index (χ0) is 12.3. The molecular weight excluding hydrogens is 244 g/mol. The van der Waals surface area contributed by atoms with Crippen LogP contribution in [0.1, 0.15) is 12.8 Å². The zero-order valence-corrected chi connectivity index (χ0v) is 10.1. The molecular formula is C12H13F2NOS. The number of halogens is 2. The number of hydrogen-bond donors (Lipinski definition) is 0. The number of ketones is 1. The number of Topliss-reactive ketones (excluding diaryl/α,β-unsaturated/α-hetero) is 1. The highest BCUT2D eigenvalue weighted by molar-refractivity contribution is 7.99. The van der Waals surface area contributed by atoms with E-state index in [1.54, 1.807) is 12.1 Å². The van der Waals surface area contributed by atoms with Gasteiger partial charge in [-0.15, -0.1) is 0 Å². The Kier molecular flexibility index (Phi) is 3.99. The van der Waals surface area contributed by atoms with Crippen LogP contribution in [0.4, 0.5) is 14.5 Å². The molecule has 1 heterocycles. The molecule has 2 rings (SSSR count). The van der Waals surface area contributed by atoms with Gasteiger partial charge in [-0.2, -0.15) is 8.78 Å². The summed E-state index contributed by atoms with van der Waals surface area (Å²) < 4.78 is 24.8. The summed E-state index contributed by atoms with van der Waals surface area (Å²) in [6.45, 7) is 1.25. The molecule has 1 aromatic carbocycles.